The lowest BCUT2D eigenvalue weighted by Gasteiger charge is -2.27. The van der Waals surface area contributed by atoms with Crippen LogP contribution in [0.5, 0.6) is 0 Å². The summed E-state index contributed by atoms with van der Waals surface area (Å²) in [5.41, 5.74) is 5.12. The second-order valence-corrected chi connectivity index (χ2v) is 7.76. The van der Waals surface area contributed by atoms with Crippen LogP contribution in [0, 0.1) is 25.7 Å². The molecule has 0 fully saturated rings. The Bertz CT molecular complexity index is 713. The second-order valence-electron chi connectivity index (χ2n) is 7.76. The van der Waals surface area contributed by atoms with Crippen LogP contribution in [-0.4, -0.2) is 0 Å². The van der Waals surface area contributed by atoms with E-state index in [1.165, 1.54) is 35.2 Å². The van der Waals surface area contributed by atoms with Gasteiger partial charge < -0.3 is 10.2 Å². The Morgan fingerprint density at radius 1 is 0.839 bits per heavy atom. The molecule has 1 N–H and O–H groups in total. The van der Waals surface area contributed by atoms with Crippen LogP contribution >= 0.6 is 0 Å². The maximum atomic E-state index is 3.41. The average Bonchev–Trinajstić information content (AvgIpc) is 3.31. The predicted octanol–water partition coefficient (Wildman–Crippen LogP) is 9.01. The highest BCUT2D eigenvalue weighted by Gasteiger charge is 2.22. The van der Waals surface area contributed by atoms with E-state index in [1.807, 2.05) is 40.0 Å². The molecule has 3 unspecified atom stereocenters. The van der Waals surface area contributed by atoms with E-state index in [4.69, 9.17) is 0 Å². The molecule has 3 atom stereocenters. The van der Waals surface area contributed by atoms with Crippen LogP contribution in [-0.2, 0) is 0 Å². The van der Waals surface area contributed by atoms with E-state index in [0.717, 1.165) is 11.8 Å². The normalized spacial score (nSPS) is 15.8. The molecule has 0 amide bonds. The molecule has 0 saturated heterocycles. The standard InChI is InChI=1S/C17H18N2.C8H18.2C2H6/c1-13-8-9-16(14(2)12-13)19-11-10-18-17(19)15-6-4-3-5-7-15;1-5-7(3)8(4)6-2;2*1-2/h3-12,17-18H,1-2H3;7-8H,5-6H2,1-4H3;2*1-2H3. The molecule has 2 aromatic carbocycles. The molecule has 0 aromatic heterocycles. The SMILES string of the molecule is CC.CC.CCC(C)C(C)CC.Cc1ccc(N2C=CNC2c2ccccc2)c(C)c1. The van der Waals surface area contributed by atoms with E-state index >= 15 is 0 Å². The van der Waals surface area contributed by atoms with Crippen molar-refractivity contribution in [3.63, 3.8) is 0 Å². The zero-order valence-corrected chi connectivity index (χ0v) is 21.9. The molecule has 2 aromatic rings. The van der Waals surface area contributed by atoms with Gasteiger partial charge in [0.15, 0.2) is 0 Å². The van der Waals surface area contributed by atoms with Crippen molar-refractivity contribution < 1.29 is 0 Å². The third-order valence-corrected chi connectivity index (χ3v) is 5.77. The summed E-state index contributed by atoms with van der Waals surface area (Å²) in [7, 11) is 0. The predicted molar refractivity (Wildman–Crippen MR) is 141 cm³/mol. The number of nitrogens with one attached hydrogen (secondary N) is 1. The van der Waals surface area contributed by atoms with Crippen molar-refractivity contribution in [1.29, 1.82) is 0 Å². The molecule has 0 radical (unpaired) electrons. The highest BCUT2D eigenvalue weighted by molar-refractivity contribution is 5.59. The van der Waals surface area contributed by atoms with Crippen LogP contribution < -0.4 is 10.2 Å². The summed E-state index contributed by atoms with van der Waals surface area (Å²) >= 11 is 0. The van der Waals surface area contributed by atoms with Crippen molar-refractivity contribution in [2.45, 2.75) is 88.2 Å². The van der Waals surface area contributed by atoms with E-state index in [0.29, 0.717) is 0 Å². The zero-order valence-electron chi connectivity index (χ0n) is 21.9. The average molecular weight is 425 g/mol. The molecule has 31 heavy (non-hydrogen) atoms. The first-order chi connectivity index (χ1) is 15.0. The van der Waals surface area contributed by atoms with Crippen LogP contribution in [0.1, 0.15) is 91.1 Å². The molecule has 1 aliphatic heterocycles. The molecule has 2 nitrogen and oxygen atoms in total. The van der Waals surface area contributed by atoms with Gasteiger partial charge in [-0.15, -0.1) is 0 Å². The second kappa shape index (κ2) is 16.5. The van der Waals surface area contributed by atoms with Crippen LogP contribution in [0.4, 0.5) is 5.69 Å². The summed E-state index contributed by atoms with van der Waals surface area (Å²) in [6.45, 7) is 21.5. The molecule has 0 bridgehead atoms. The van der Waals surface area contributed by atoms with Gasteiger partial charge >= 0.3 is 0 Å². The van der Waals surface area contributed by atoms with Gasteiger partial charge in [-0.1, -0.05) is 116 Å². The first kappa shape index (κ1) is 28.8. The van der Waals surface area contributed by atoms with E-state index in [1.54, 1.807) is 0 Å². The fourth-order valence-electron chi connectivity index (χ4n) is 3.39. The summed E-state index contributed by atoms with van der Waals surface area (Å²) in [5.74, 6) is 1.83. The Kier molecular flexibility index (Phi) is 15.3. The number of nitrogens with zero attached hydrogens (tertiary/aromatic N) is 1. The lowest BCUT2D eigenvalue weighted by molar-refractivity contribution is 0.367. The summed E-state index contributed by atoms with van der Waals surface area (Å²) in [6.07, 6.45) is 6.96. The maximum Gasteiger partial charge on any atom is 0.129 e. The number of hydrogen-bond donors (Lipinski definition) is 1. The summed E-state index contributed by atoms with van der Waals surface area (Å²) < 4.78 is 0. The third-order valence-electron chi connectivity index (χ3n) is 5.77. The Morgan fingerprint density at radius 3 is 1.87 bits per heavy atom. The Balaban J connectivity index is 0.000000637. The molecule has 0 spiro atoms. The lowest BCUT2D eigenvalue weighted by atomic mass is 9.92. The Morgan fingerprint density at radius 2 is 1.39 bits per heavy atom. The first-order valence-corrected chi connectivity index (χ1v) is 12.3. The highest BCUT2D eigenvalue weighted by atomic mass is 15.3. The molecule has 174 valence electrons. The monoisotopic (exact) mass is 424 g/mol. The van der Waals surface area contributed by atoms with Gasteiger partial charge in [-0.25, -0.2) is 0 Å². The zero-order chi connectivity index (χ0) is 23.8. The van der Waals surface area contributed by atoms with E-state index < -0.39 is 0 Å². The fourth-order valence-corrected chi connectivity index (χ4v) is 3.39. The number of hydrogen-bond acceptors (Lipinski definition) is 2. The lowest BCUT2D eigenvalue weighted by Crippen LogP contribution is -2.27. The number of benzene rings is 2. The quantitative estimate of drug-likeness (QED) is 0.515. The summed E-state index contributed by atoms with van der Waals surface area (Å²) in [5, 5.41) is 3.41. The van der Waals surface area contributed by atoms with Crippen LogP contribution in [0.15, 0.2) is 60.9 Å². The molecule has 3 rings (SSSR count). The Hall–Kier alpha value is -2.22. The third kappa shape index (κ3) is 9.21. The minimum atomic E-state index is 0.183. The van der Waals surface area contributed by atoms with Gasteiger partial charge in [0.2, 0.25) is 0 Å². The van der Waals surface area contributed by atoms with Crippen molar-refractivity contribution in [2.75, 3.05) is 4.90 Å². The van der Waals surface area contributed by atoms with Crippen LogP contribution in [0.25, 0.3) is 0 Å². The largest absolute Gasteiger partial charge is 0.366 e. The molecule has 1 aliphatic rings. The molecule has 1 heterocycles. The van der Waals surface area contributed by atoms with Crippen molar-refractivity contribution >= 4 is 5.69 Å². The molecule has 2 heteroatoms. The van der Waals surface area contributed by atoms with E-state index in [9.17, 15) is 0 Å². The Labute approximate surface area is 193 Å². The van der Waals surface area contributed by atoms with Crippen LogP contribution in [0.2, 0.25) is 0 Å². The van der Waals surface area contributed by atoms with E-state index in [-0.39, 0.29) is 6.17 Å². The maximum absolute atomic E-state index is 3.41. The van der Waals surface area contributed by atoms with Gasteiger partial charge in [-0.05, 0) is 42.9 Å². The van der Waals surface area contributed by atoms with Gasteiger partial charge in [-0.2, -0.15) is 0 Å². The molecule has 0 saturated carbocycles. The van der Waals surface area contributed by atoms with Gasteiger partial charge in [-0.3, -0.25) is 0 Å². The van der Waals surface area contributed by atoms with Crippen molar-refractivity contribution in [3.05, 3.63) is 77.6 Å². The fraction of sp³-hybridized carbons (Fsp3) is 0.517. The summed E-state index contributed by atoms with van der Waals surface area (Å²) in [6, 6.07) is 17.1. The van der Waals surface area contributed by atoms with Crippen LogP contribution in [0.3, 0.4) is 0 Å². The van der Waals surface area contributed by atoms with Gasteiger partial charge in [0.05, 0.1) is 0 Å². The molecule has 0 aliphatic carbocycles. The van der Waals surface area contributed by atoms with E-state index in [2.05, 4.69) is 100 Å². The van der Waals surface area contributed by atoms with Crippen molar-refractivity contribution in [3.8, 4) is 0 Å². The van der Waals surface area contributed by atoms with Crippen molar-refractivity contribution in [1.82, 2.24) is 5.32 Å². The highest BCUT2D eigenvalue weighted by Crippen LogP contribution is 2.31. The minimum Gasteiger partial charge on any atom is -0.366 e. The number of anilines is 1. The van der Waals surface area contributed by atoms with Gasteiger partial charge in [0.1, 0.15) is 6.17 Å². The molecular formula is C29H48N2. The summed E-state index contributed by atoms with van der Waals surface area (Å²) in [4.78, 5) is 2.28. The van der Waals surface area contributed by atoms with Crippen molar-refractivity contribution in [2.24, 2.45) is 11.8 Å². The number of aryl methyl sites for hydroxylation is 2. The first-order valence-electron chi connectivity index (χ1n) is 12.3. The number of rotatable bonds is 5. The topological polar surface area (TPSA) is 15.3 Å². The smallest absolute Gasteiger partial charge is 0.129 e. The molecular weight excluding hydrogens is 376 g/mol. The van der Waals surface area contributed by atoms with Gasteiger partial charge in [0, 0.05) is 18.1 Å². The van der Waals surface area contributed by atoms with Gasteiger partial charge in [0.25, 0.3) is 0 Å². The minimum absolute atomic E-state index is 0.183.